The molecule has 2 aromatic carbocycles. The van der Waals surface area contributed by atoms with Crippen molar-refractivity contribution in [2.24, 2.45) is 0 Å². The molecule has 25 heavy (non-hydrogen) atoms. The van der Waals surface area contributed by atoms with Gasteiger partial charge in [0.2, 0.25) is 5.91 Å². The SMILES string of the molecule is CCCc1cc(C(=O)O)cc(N2CC(c3ccccc3)CCC2=O)c1. The zero-order valence-electron chi connectivity index (χ0n) is 14.4. The summed E-state index contributed by atoms with van der Waals surface area (Å²) in [4.78, 5) is 25.7. The van der Waals surface area contributed by atoms with Crippen molar-refractivity contribution in [3.05, 3.63) is 65.2 Å². The minimum atomic E-state index is -0.955. The maximum atomic E-state index is 12.5. The number of carbonyl (C=O) groups is 2. The van der Waals surface area contributed by atoms with Gasteiger partial charge in [0.1, 0.15) is 0 Å². The number of hydrogen-bond acceptors (Lipinski definition) is 2. The topological polar surface area (TPSA) is 57.6 Å². The number of aromatic carboxylic acids is 1. The van der Waals surface area contributed by atoms with Crippen molar-refractivity contribution < 1.29 is 14.7 Å². The van der Waals surface area contributed by atoms with Crippen LogP contribution in [0.1, 0.15) is 53.6 Å². The maximum Gasteiger partial charge on any atom is 0.335 e. The van der Waals surface area contributed by atoms with E-state index in [2.05, 4.69) is 19.1 Å². The van der Waals surface area contributed by atoms with Crippen LogP contribution in [-0.4, -0.2) is 23.5 Å². The molecule has 0 bridgehead atoms. The third-order valence-corrected chi connectivity index (χ3v) is 4.76. The lowest BCUT2D eigenvalue weighted by Gasteiger charge is -2.33. The van der Waals surface area contributed by atoms with Gasteiger partial charge in [0, 0.05) is 24.6 Å². The highest BCUT2D eigenvalue weighted by Crippen LogP contribution is 2.31. The molecule has 3 rings (SSSR count). The van der Waals surface area contributed by atoms with Gasteiger partial charge in [-0.25, -0.2) is 4.79 Å². The van der Waals surface area contributed by atoms with Gasteiger partial charge >= 0.3 is 5.97 Å². The van der Waals surface area contributed by atoms with E-state index in [-0.39, 0.29) is 17.4 Å². The van der Waals surface area contributed by atoms with E-state index in [1.54, 1.807) is 17.0 Å². The van der Waals surface area contributed by atoms with Gasteiger partial charge in [-0.1, -0.05) is 43.7 Å². The number of anilines is 1. The van der Waals surface area contributed by atoms with Crippen LogP contribution in [0, 0.1) is 0 Å². The fourth-order valence-corrected chi connectivity index (χ4v) is 3.48. The molecule has 1 heterocycles. The molecule has 1 aliphatic heterocycles. The van der Waals surface area contributed by atoms with Gasteiger partial charge in [-0.05, 0) is 42.2 Å². The lowest BCUT2D eigenvalue weighted by molar-refractivity contribution is -0.119. The van der Waals surface area contributed by atoms with Crippen molar-refractivity contribution in [3.63, 3.8) is 0 Å². The van der Waals surface area contributed by atoms with Gasteiger partial charge in [-0.15, -0.1) is 0 Å². The zero-order valence-corrected chi connectivity index (χ0v) is 14.4. The molecule has 1 fully saturated rings. The molecule has 4 nitrogen and oxygen atoms in total. The smallest absolute Gasteiger partial charge is 0.335 e. The summed E-state index contributed by atoms with van der Waals surface area (Å²) in [5, 5.41) is 9.39. The normalized spacial score (nSPS) is 17.6. The summed E-state index contributed by atoms with van der Waals surface area (Å²) in [6, 6.07) is 15.5. The fourth-order valence-electron chi connectivity index (χ4n) is 3.48. The average Bonchev–Trinajstić information content (AvgIpc) is 2.63. The van der Waals surface area contributed by atoms with Crippen LogP contribution in [0.5, 0.6) is 0 Å². The lowest BCUT2D eigenvalue weighted by atomic mass is 9.90. The highest BCUT2D eigenvalue weighted by Gasteiger charge is 2.28. The van der Waals surface area contributed by atoms with Gasteiger partial charge in [0.25, 0.3) is 0 Å². The van der Waals surface area contributed by atoms with Gasteiger partial charge in [-0.3, -0.25) is 4.79 Å². The number of rotatable bonds is 5. The standard InChI is InChI=1S/C21H23NO3/c1-2-6-15-11-18(21(24)25)13-19(12-15)22-14-17(9-10-20(22)23)16-7-4-3-5-8-16/h3-5,7-8,11-13,17H,2,6,9-10,14H2,1H3,(H,24,25). The summed E-state index contributed by atoms with van der Waals surface area (Å²) >= 11 is 0. The summed E-state index contributed by atoms with van der Waals surface area (Å²) in [6.07, 6.45) is 3.06. The third kappa shape index (κ3) is 3.90. The molecule has 1 aliphatic rings. The summed E-state index contributed by atoms with van der Waals surface area (Å²) < 4.78 is 0. The first-order valence-electron chi connectivity index (χ1n) is 8.81. The molecule has 0 aliphatic carbocycles. The number of nitrogens with zero attached hydrogens (tertiary/aromatic N) is 1. The number of amides is 1. The van der Waals surface area contributed by atoms with Crippen LogP contribution in [0.15, 0.2) is 48.5 Å². The Morgan fingerprint density at radius 3 is 2.64 bits per heavy atom. The molecular formula is C21H23NO3. The van der Waals surface area contributed by atoms with Crippen molar-refractivity contribution in [2.75, 3.05) is 11.4 Å². The van der Waals surface area contributed by atoms with Crippen LogP contribution in [-0.2, 0) is 11.2 Å². The Hall–Kier alpha value is -2.62. The van der Waals surface area contributed by atoms with Crippen molar-refractivity contribution in [3.8, 4) is 0 Å². The lowest BCUT2D eigenvalue weighted by Crippen LogP contribution is -2.39. The zero-order chi connectivity index (χ0) is 17.8. The third-order valence-electron chi connectivity index (χ3n) is 4.76. The van der Waals surface area contributed by atoms with Crippen LogP contribution in [0.4, 0.5) is 5.69 Å². The monoisotopic (exact) mass is 337 g/mol. The van der Waals surface area contributed by atoms with Gasteiger partial charge in [0.05, 0.1) is 5.56 Å². The molecule has 0 aromatic heterocycles. The second kappa shape index (κ2) is 7.51. The van der Waals surface area contributed by atoms with Gasteiger partial charge < -0.3 is 10.0 Å². The van der Waals surface area contributed by atoms with Crippen molar-refractivity contribution >= 4 is 17.6 Å². The minimum Gasteiger partial charge on any atom is -0.478 e. The molecular weight excluding hydrogens is 314 g/mol. The number of hydrogen-bond donors (Lipinski definition) is 1. The first-order valence-corrected chi connectivity index (χ1v) is 8.81. The average molecular weight is 337 g/mol. The summed E-state index contributed by atoms with van der Waals surface area (Å²) in [5.74, 6) is -0.609. The second-order valence-corrected chi connectivity index (χ2v) is 6.59. The first kappa shape index (κ1) is 17.2. The first-order chi connectivity index (χ1) is 12.1. The Bertz CT molecular complexity index is 770. The molecule has 1 saturated heterocycles. The molecule has 0 saturated carbocycles. The van der Waals surface area contributed by atoms with Crippen LogP contribution < -0.4 is 4.90 Å². The molecule has 4 heteroatoms. The predicted molar refractivity (Wildman–Crippen MR) is 98.2 cm³/mol. The molecule has 0 radical (unpaired) electrons. The van der Waals surface area contributed by atoms with Crippen LogP contribution in [0.25, 0.3) is 0 Å². The van der Waals surface area contributed by atoms with Crippen molar-refractivity contribution in [1.29, 1.82) is 0 Å². The van der Waals surface area contributed by atoms with Gasteiger partial charge in [0.15, 0.2) is 0 Å². The van der Waals surface area contributed by atoms with E-state index in [0.29, 0.717) is 18.7 Å². The van der Waals surface area contributed by atoms with Crippen molar-refractivity contribution in [1.82, 2.24) is 0 Å². The summed E-state index contributed by atoms with van der Waals surface area (Å²) in [7, 11) is 0. The van der Waals surface area contributed by atoms with Crippen LogP contribution >= 0.6 is 0 Å². The number of benzene rings is 2. The van der Waals surface area contributed by atoms with E-state index in [4.69, 9.17) is 0 Å². The van der Waals surface area contributed by atoms with E-state index in [1.807, 2.05) is 24.3 Å². The largest absolute Gasteiger partial charge is 0.478 e. The van der Waals surface area contributed by atoms with E-state index in [1.165, 1.54) is 5.56 Å². The summed E-state index contributed by atoms with van der Waals surface area (Å²) in [5.41, 5.74) is 3.14. The van der Waals surface area contributed by atoms with E-state index in [0.717, 1.165) is 24.8 Å². The molecule has 1 N–H and O–H groups in total. The van der Waals surface area contributed by atoms with E-state index < -0.39 is 5.97 Å². The molecule has 1 unspecified atom stereocenters. The second-order valence-electron chi connectivity index (χ2n) is 6.59. The Labute approximate surface area is 148 Å². The molecule has 1 amide bonds. The van der Waals surface area contributed by atoms with E-state index in [9.17, 15) is 14.7 Å². The summed E-state index contributed by atoms with van der Waals surface area (Å²) in [6.45, 7) is 2.65. The highest BCUT2D eigenvalue weighted by molar-refractivity contribution is 5.96. The maximum absolute atomic E-state index is 12.5. The molecule has 0 spiro atoms. The van der Waals surface area contributed by atoms with Crippen molar-refractivity contribution in [2.45, 2.75) is 38.5 Å². The number of carboxylic acid groups (broad SMARTS) is 1. The highest BCUT2D eigenvalue weighted by atomic mass is 16.4. The quantitative estimate of drug-likeness (QED) is 0.887. The van der Waals surface area contributed by atoms with E-state index >= 15 is 0 Å². The van der Waals surface area contributed by atoms with Crippen LogP contribution in [0.3, 0.4) is 0 Å². The number of piperidine rings is 1. The Balaban J connectivity index is 1.93. The Morgan fingerprint density at radius 1 is 1.20 bits per heavy atom. The van der Waals surface area contributed by atoms with Crippen LogP contribution in [0.2, 0.25) is 0 Å². The number of carboxylic acids is 1. The predicted octanol–water partition coefficient (Wildman–Crippen LogP) is 4.25. The molecule has 130 valence electrons. The Kier molecular flexibility index (Phi) is 5.17. The number of carbonyl (C=O) groups excluding carboxylic acids is 1. The van der Waals surface area contributed by atoms with Gasteiger partial charge in [-0.2, -0.15) is 0 Å². The molecule has 2 aromatic rings. The Morgan fingerprint density at radius 2 is 1.96 bits per heavy atom. The molecule has 1 atom stereocenters. The minimum absolute atomic E-state index is 0.0668. The fraction of sp³-hybridized carbons (Fsp3) is 0.333. The number of aryl methyl sites for hydroxylation is 1.